The van der Waals surface area contributed by atoms with E-state index in [1.165, 1.54) is 19.3 Å². The Kier molecular flexibility index (Phi) is 2.31. The van der Waals surface area contributed by atoms with E-state index in [2.05, 4.69) is 25.8 Å². The van der Waals surface area contributed by atoms with Crippen LogP contribution in [0.15, 0.2) is 0 Å². The number of rotatable bonds is 0. The molecule has 1 heterocycles. The third kappa shape index (κ3) is 1.32. The summed E-state index contributed by atoms with van der Waals surface area (Å²) in [5, 5.41) is 0. The lowest BCUT2D eigenvalue weighted by atomic mass is 9.46. The first kappa shape index (κ1) is 11.8. The zero-order valence-electron chi connectivity index (χ0n) is 12.4. The molecule has 0 atom stereocenters. The summed E-state index contributed by atoms with van der Waals surface area (Å²) in [7, 11) is 2.46. The Balaban J connectivity index is 1.74. The number of likely N-dealkylation sites (tertiary alicyclic amines) is 1. The number of nitrogens with zero attached hydrogens (tertiary/aromatic N) is 1. The third-order valence-corrected chi connectivity index (χ3v) is 7.45. The molecule has 1 aliphatic heterocycles. The Labute approximate surface area is 112 Å². The second-order valence-electron chi connectivity index (χ2n) is 8.52. The van der Waals surface area contributed by atoms with Crippen molar-refractivity contribution in [3.05, 3.63) is 0 Å². The second-order valence-corrected chi connectivity index (χ2v) is 8.52. The molecule has 0 amide bonds. The Morgan fingerprint density at radius 3 is 1.94 bits per heavy atom. The molecule has 0 unspecified atom stereocenters. The Morgan fingerprint density at radius 2 is 1.39 bits per heavy atom. The molecule has 18 heavy (non-hydrogen) atoms. The van der Waals surface area contributed by atoms with Crippen molar-refractivity contribution in [1.82, 2.24) is 4.90 Å². The van der Waals surface area contributed by atoms with Crippen molar-refractivity contribution in [1.29, 1.82) is 0 Å². The minimum absolute atomic E-state index is 0.438. The molecule has 102 valence electrons. The van der Waals surface area contributed by atoms with Crippen LogP contribution in [-0.4, -0.2) is 23.0 Å². The molecule has 4 aliphatic carbocycles. The maximum Gasteiger partial charge on any atom is 0.0268 e. The molecule has 4 saturated carbocycles. The smallest absolute Gasteiger partial charge is 0.0268 e. The van der Waals surface area contributed by atoms with Crippen LogP contribution < -0.4 is 0 Å². The van der Waals surface area contributed by atoms with Gasteiger partial charge in [-0.1, -0.05) is 0 Å². The van der Waals surface area contributed by atoms with Crippen molar-refractivity contribution in [2.24, 2.45) is 23.7 Å². The van der Waals surface area contributed by atoms with Crippen LogP contribution in [-0.2, 0) is 0 Å². The quantitative estimate of drug-likeness (QED) is 0.623. The summed E-state index contributed by atoms with van der Waals surface area (Å²) in [5.41, 5.74) is 1.04. The van der Waals surface area contributed by atoms with E-state index in [0.29, 0.717) is 11.1 Å². The fraction of sp³-hybridized carbons (Fsp3) is 1.00. The van der Waals surface area contributed by atoms with Gasteiger partial charge in [-0.3, -0.25) is 4.90 Å². The first-order valence-corrected chi connectivity index (χ1v) is 8.26. The van der Waals surface area contributed by atoms with Gasteiger partial charge < -0.3 is 0 Å². The van der Waals surface area contributed by atoms with E-state index in [0.717, 1.165) is 23.7 Å². The van der Waals surface area contributed by atoms with Crippen molar-refractivity contribution in [3.63, 3.8) is 0 Å². The number of hydrogen-bond donors (Lipinski definition) is 0. The summed E-state index contributed by atoms with van der Waals surface area (Å²) in [6, 6.07) is 0. The first-order chi connectivity index (χ1) is 8.52. The van der Waals surface area contributed by atoms with E-state index in [1.54, 1.807) is 32.1 Å². The maximum atomic E-state index is 2.86. The highest BCUT2D eigenvalue weighted by Crippen LogP contribution is 2.63. The van der Waals surface area contributed by atoms with Crippen LogP contribution in [0.3, 0.4) is 0 Å². The fourth-order valence-corrected chi connectivity index (χ4v) is 6.66. The summed E-state index contributed by atoms with van der Waals surface area (Å²) < 4.78 is 0. The maximum absolute atomic E-state index is 2.86. The lowest BCUT2D eigenvalue weighted by molar-refractivity contribution is -0.175. The zero-order valence-corrected chi connectivity index (χ0v) is 12.4. The highest BCUT2D eigenvalue weighted by Gasteiger charge is 2.61. The average molecular weight is 247 g/mol. The Hall–Kier alpha value is -0.0400. The van der Waals surface area contributed by atoms with Crippen LogP contribution in [0.2, 0.25) is 0 Å². The van der Waals surface area contributed by atoms with Gasteiger partial charge in [0.15, 0.2) is 0 Å². The fourth-order valence-electron chi connectivity index (χ4n) is 6.66. The average Bonchev–Trinajstić information content (AvgIpc) is 2.30. The van der Waals surface area contributed by atoms with Crippen molar-refractivity contribution in [2.45, 2.75) is 76.3 Å². The SMILES string of the molecule is CN1C(C)(C)CCCC12C1CC3CC(C1)CC2C3. The lowest BCUT2D eigenvalue weighted by Crippen LogP contribution is -2.70. The monoisotopic (exact) mass is 247 g/mol. The number of hydrogen-bond acceptors (Lipinski definition) is 1. The van der Waals surface area contributed by atoms with Gasteiger partial charge in [0.25, 0.3) is 0 Å². The van der Waals surface area contributed by atoms with E-state index in [9.17, 15) is 0 Å². The van der Waals surface area contributed by atoms with Gasteiger partial charge in [-0.25, -0.2) is 0 Å². The molecule has 0 aromatic heterocycles. The van der Waals surface area contributed by atoms with Crippen LogP contribution in [0.1, 0.15) is 65.2 Å². The van der Waals surface area contributed by atoms with Crippen molar-refractivity contribution >= 4 is 0 Å². The molecule has 0 radical (unpaired) electrons. The normalized spacial score (nSPS) is 54.2. The van der Waals surface area contributed by atoms with Gasteiger partial charge >= 0.3 is 0 Å². The molecule has 1 spiro atoms. The topological polar surface area (TPSA) is 3.24 Å². The zero-order chi connectivity index (χ0) is 12.5. The van der Waals surface area contributed by atoms with Gasteiger partial charge in [0.05, 0.1) is 0 Å². The van der Waals surface area contributed by atoms with Crippen molar-refractivity contribution < 1.29 is 0 Å². The summed E-state index contributed by atoms with van der Waals surface area (Å²) in [4.78, 5) is 2.86. The molecule has 1 saturated heterocycles. The predicted octanol–water partition coefficient (Wildman–Crippen LogP) is 4.08. The summed E-state index contributed by atoms with van der Waals surface area (Å²) >= 11 is 0. The van der Waals surface area contributed by atoms with Crippen LogP contribution in [0, 0.1) is 23.7 Å². The van der Waals surface area contributed by atoms with Crippen LogP contribution in [0.25, 0.3) is 0 Å². The highest BCUT2D eigenvalue weighted by molar-refractivity contribution is 5.14. The predicted molar refractivity (Wildman–Crippen MR) is 75.5 cm³/mol. The highest BCUT2D eigenvalue weighted by atomic mass is 15.3. The minimum Gasteiger partial charge on any atom is -0.295 e. The van der Waals surface area contributed by atoms with E-state index in [-0.39, 0.29) is 0 Å². The van der Waals surface area contributed by atoms with Gasteiger partial charge in [-0.15, -0.1) is 0 Å². The van der Waals surface area contributed by atoms with E-state index < -0.39 is 0 Å². The Morgan fingerprint density at radius 1 is 0.833 bits per heavy atom. The third-order valence-electron chi connectivity index (χ3n) is 7.45. The molecular formula is C17H29N. The van der Waals surface area contributed by atoms with E-state index in [4.69, 9.17) is 0 Å². The van der Waals surface area contributed by atoms with E-state index in [1.807, 2.05) is 0 Å². The Bertz CT molecular complexity index is 329. The van der Waals surface area contributed by atoms with Gasteiger partial charge in [0.2, 0.25) is 0 Å². The van der Waals surface area contributed by atoms with Gasteiger partial charge in [-0.05, 0) is 95.9 Å². The second kappa shape index (κ2) is 3.53. The minimum atomic E-state index is 0.438. The molecule has 0 aromatic carbocycles. The standard InChI is InChI=1S/C17H29N/c1-16(2)5-4-6-17(18(16)3)14-8-12-7-13(10-14)11-15(17)9-12/h12-15H,4-11H2,1-3H3. The molecule has 5 rings (SSSR count). The van der Waals surface area contributed by atoms with Gasteiger partial charge in [0, 0.05) is 11.1 Å². The largest absolute Gasteiger partial charge is 0.295 e. The number of piperidine rings is 1. The molecule has 5 aliphatic rings. The molecular weight excluding hydrogens is 218 g/mol. The summed E-state index contributed by atoms with van der Waals surface area (Å²) in [6.07, 6.45) is 12.2. The first-order valence-electron chi connectivity index (χ1n) is 8.26. The molecule has 4 bridgehead atoms. The summed E-state index contributed by atoms with van der Waals surface area (Å²) in [6.45, 7) is 4.97. The van der Waals surface area contributed by atoms with Crippen LogP contribution >= 0.6 is 0 Å². The molecule has 1 nitrogen and oxygen atoms in total. The van der Waals surface area contributed by atoms with Crippen LogP contribution in [0.4, 0.5) is 0 Å². The molecule has 1 heteroatoms. The molecule has 0 N–H and O–H groups in total. The van der Waals surface area contributed by atoms with Crippen molar-refractivity contribution in [3.8, 4) is 0 Å². The van der Waals surface area contributed by atoms with E-state index >= 15 is 0 Å². The van der Waals surface area contributed by atoms with Gasteiger partial charge in [0.1, 0.15) is 0 Å². The van der Waals surface area contributed by atoms with Crippen LogP contribution in [0.5, 0.6) is 0 Å². The lowest BCUT2D eigenvalue weighted by Gasteiger charge is -2.68. The molecule has 0 aromatic rings. The van der Waals surface area contributed by atoms with Gasteiger partial charge in [-0.2, -0.15) is 0 Å². The summed E-state index contributed by atoms with van der Waals surface area (Å²) in [5.74, 6) is 4.30. The molecule has 5 fully saturated rings. The van der Waals surface area contributed by atoms with Crippen molar-refractivity contribution in [2.75, 3.05) is 7.05 Å².